The van der Waals surface area contributed by atoms with E-state index < -0.39 is 0 Å². The maximum absolute atomic E-state index is 14.1. The van der Waals surface area contributed by atoms with Gasteiger partial charge in [-0.1, -0.05) is 91.0 Å². The highest BCUT2D eigenvalue weighted by Crippen LogP contribution is 2.36. The van der Waals surface area contributed by atoms with Gasteiger partial charge in [0.1, 0.15) is 0 Å². The molecule has 1 heterocycles. The number of amides is 1. The minimum atomic E-state index is -0.372. The number of para-hydroxylation sites is 1. The van der Waals surface area contributed by atoms with E-state index in [0.717, 1.165) is 16.3 Å². The highest BCUT2D eigenvalue weighted by molar-refractivity contribution is 6.36. The fourth-order valence-electron chi connectivity index (χ4n) is 4.39. The van der Waals surface area contributed by atoms with E-state index in [1.54, 1.807) is 0 Å². The molecule has 4 aromatic rings. The molecule has 0 fully saturated rings. The quantitative estimate of drug-likeness (QED) is 0.218. The summed E-state index contributed by atoms with van der Waals surface area (Å²) in [7, 11) is 1.50. The van der Waals surface area contributed by atoms with E-state index in [1.807, 2.05) is 97.1 Å². The largest absolute Gasteiger partial charge is 0.356 e. The van der Waals surface area contributed by atoms with Crippen LogP contribution in [0.4, 0.5) is 5.69 Å². The molecule has 1 aliphatic rings. The van der Waals surface area contributed by atoms with Gasteiger partial charge in [0.2, 0.25) is 0 Å². The lowest BCUT2D eigenvalue weighted by atomic mass is 9.86. The number of hydrogen-bond donors (Lipinski definition) is 0. The van der Waals surface area contributed by atoms with Gasteiger partial charge in [0, 0.05) is 30.2 Å². The van der Waals surface area contributed by atoms with E-state index >= 15 is 0 Å². The molecule has 0 aliphatic carbocycles. The Hall–Kier alpha value is -4.06. The summed E-state index contributed by atoms with van der Waals surface area (Å²) in [5.41, 5.74) is 3.56. The number of anilines is 1. The summed E-state index contributed by atoms with van der Waals surface area (Å²) in [5.74, 6) is -0.569. The van der Waals surface area contributed by atoms with Gasteiger partial charge in [0.05, 0.1) is 5.69 Å². The molecule has 0 saturated carbocycles. The van der Waals surface area contributed by atoms with Crippen molar-refractivity contribution >= 4 is 33.7 Å². The van der Waals surface area contributed by atoms with E-state index in [-0.39, 0.29) is 18.5 Å². The van der Waals surface area contributed by atoms with Crippen molar-refractivity contribution in [3.05, 3.63) is 119 Å². The van der Waals surface area contributed by atoms with E-state index in [1.165, 1.54) is 12.2 Å². The van der Waals surface area contributed by atoms with Gasteiger partial charge in [-0.15, -0.1) is 0 Å². The number of Topliss-reactive ketones (excluding diaryl/α,β-unsaturated/α-hetero) is 1. The number of nitrogens with zero attached hydrogens (tertiary/aromatic N) is 1. The fourth-order valence-corrected chi connectivity index (χ4v) is 4.39. The van der Waals surface area contributed by atoms with Crippen LogP contribution in [0.3, 0.4) is 0 Å². The Morgan fingerprint density at radius 1 is 0.853 bits per heavy atom. The summed E-state index contributed by atoms with van der Waals surface area (Å²) in [6.45, 7) is -0.0920. The molecule has 0 atom stereocenters. The second-order valence-electron chi connectivity index (χ2n) is 8.02. The summed E-state index contributed by atoms with van der Waals surface area (Å²) in [5, 5.41) is 3.05. The summed E-state index contributed by atoms with van der Waals surface area (Å²) in [6.07, 6.45) is 0.322. The highest BCUT2D eigenvalue weighted by Gasteiger charge is 2.34. The summed E-state index contributed by atoms with van der Waals surface area (Å²) in [4.78, 5) is 33.5. The van der Waals surface area contributed by atoms with Crippen molar-refractivity contribution in [3.63, 3.8) is 0 Å². The first-order chi connectivity index (χ1) is 16.7. The van der Waals surface area contributed by atoms with E-state index in [4.69, 9.17) is 9.57 Å². The fraction of sp³-hybridized carbons (Fsp3) is 0.103. The van der Waals surface area contributed by atoms with Crippen LogP contribution in [0.1, 0.15) is 21.5 Å². The zero-order valence-electron chi connectivity index (χ0n) is 18.7. The third-order valence-corrected chi connectivity index (χ3v) is 5.95. The first kappa shape index (κ1) is 21.8. The first-order valence-electron chi connectivity index (χ1n) is 11.0. The number of benzene rings is 4. The average Bonchev–Trinajstić information content (AvgIpc) is 2.89. The number of ether oxygens (including phenoxy) is 1. The molecule has 0 N–H and O–H groups in total. The number of rotatable bonds is 6. The summed E-state index contributed by atoms with van der Waals surface area (Å²) in [6, 6.07) is 30.3. The van der Waals surface area contributed by atoms with Crippen molar-refractivity contribution < 1.29 is 19.2 Å². The van der Waals surface area contributed by atoms with Gasteiger partial charge in [-0.05, 0) is 28.0 Å². The average molecular weight is 450 g/mol. The van der Waals surface area contributed by atoms with Crippen molar-refractivity contribution in [3.8, 4) is 0 Å². The van der Waals surface area contributed by atoms with Gasteiger partial charge in [0.15, 0.2) is 12.6 Å². The number of hydroxylamine groups is 1. The SMILES string of the molecule is COCON1C(=O)/C(=C(/C(=O)c2cccc3ccccc23)c2ccccc2)Cc2ccccc21. The molecule has 1 aliphatic heterocycles. The molecular weight excluding hydrogens is 426 g/mol. The van der Waals surface area contributed by atoms with Crippen LogP contribution in [0.5, 0.6) is 0 Å². The standard InChI is InChI=1S/C29H23NO4/c1-33-19-34-30-26-17-8-6-13-22(26)18-25(29(30)32)27(21-11-3-2-4-12-21)28(31)24-16-9-14-20-10-5-7-15-23(20)24/h2-17H,18-19H2,1H3/b27-25+. The minimum Gasteiger partial charge on any atom is -0.356 e. The molecule has 0 bridgehead atoms. The van der Waals surface area contributed by atoms with Gasteiger partial charge in [-0.25, -0.2) is 4.84 Å². The Morgan fingerprint density at radius 2 is 1.56 bits per heavy atom. The van der Waals surface area contributed by atoms with Crippen molar-refractivity contribution in [1.82, 2.24) is 0 Å². The van der Waals surface area contributed by atoms with E-state index in [0.29, 0.717) is 34.4 Å². The molecule has 168 valence electrons. The smallest absolute Gasteiger partial charge is 0.279 e. The van der Waals surface area contributed by atoms with Crippen LogP contribution in [0.25, 0.3) is 16.3 Å². The Morgan fingerprint density at radius 3 is 2.38 bits per heavy atom. The molecule has 0 aromatic heterocycles. The Labute approximate surface area is 197 Å². The van der Waals surface area contributed by atoms with Crippen LogP contribution >= 0.6 is 0 Å². The molecular formula is C29H23NO4. The molecule has 5 rings (SSSR count). The Bertz CT molecular complexity index is 1400. The molecule has 5 nitrogen and oxygen atoms in total. The van der Waals surface area contributed by atoms with Gasteiger partial charge < -0.3 is 4.74 Å². The predicted molar refractivity (Wildman–Crippen MR) is 132 cm³/mol. The third-order valence-electron chi connectivity index (χ3n) is 5.95. The maximum atomic E-state index is 14.1. The zero-order valence-corrected chi connectivity index (χ0v) is 18.7. The lowest BCUT2D eigenvalue weighted by molar-refractivity contribution is -0.128. The Kier molecular flexibility index (Phi) is 6.04. The second kappa shape index (κ2) is 9.43. The summed E-state index contributed by atoms with van der Waals surface area (Å²) < 4.78 is 5.05. The third kappa shape index (κ3) is 3.92. The highest BCUT2D eigenvalue weighted by atomic mass is 16.8. The molecule has 0 saturated heterocycles. The molecule has 1 amide bonds. The van der Waals surface area contributed by atoms with Gasteiger partial charge in [-0.2, -0.15) is 5.06 Å². The van der Waals surface area contributed by atoms with Gasteiger partial charge in [-0.3, -0.25) is 9.59 Å². The molecule has 34 heavy (non-hydrogen) atoms. The number of carbonyl (C=O) groups is 2. The molecule has 0 unspecified atom stereocenters. The first-order valence-corrected chi connectivity index (χ1v) is 11.0. The monoisotopic (exact) mass is 449 g/mol. The number of ketones is 1. The van der Waals surface area contributed by atoms with Crippen LogP contribution in [0, 0.1) is 0 Å². The van der Waals surface area contributed by atoms with Crippen molar-refractivity contribution in [2.24, 2.45) is 0 Å². The topological polar surface area (TPSA) is 55.8 Å². The number of hydrogen-bond acceptors (Lipinski definition) is 4. The van der Waals surface area contributed by atoms with E-state index in [2.05, 4.69) is 0 Å². The van der Waals surface area contributed by atoms with Crippen LogP contribution in [-0.4, -0.2) is 25.6 Å². The lowest BCUT2D eigenvalue weighted by Gasteiger charge is -2.30. The molecule has 4 aromatic carbocycles. The van der Waals surface area contributed by atoms with Crippen molar-refractivity contribution in [1.29, 1.82) is 0 Å². The molecule has 0 radical (unpaired) electrons. The number of methoxy groups -OCH3 is 1. The van der Waals surface area contributed by atoms with Crippen LogP contribution in [0.2, 0.25) is 0 Å². The van der Waals surface area contributed by atoms with Crippen LogP contribution < -0.4 is 5.06 Å². The predicted octanol–water partition coefficient (Wildman–Crippen LogP) is 5.60. The Balaban J connectivity index is 1.73. The molecule has 5 heteroatoms. The van der Waals surface area contributed by atoms with Crippen molar-refractivity contribution in [2.75, 3.05) is 19.0 Å². The van der Waals surface area contributed by atoms with Crippen molar-refractivity contribution in [2.45, 2.75) is 6.42 Å². The molecule has 0 spiro atoms. The maximum Gasteiger partial charge on any atom is 0.279 e. The van der Waals surface area contributed by atoms with Gasteiger partial charge in [0.25, 0.3) is 5.91 Å². The number of carbonyl (C=O) groups excluding carboxylic acids is 2. The van der Waals surface area contributed by atoms with Crippen LogP contribution in [0.15, 0.2) is 103 Å². The van der Waals surface area contributed by atoms with Gasteiger partial charge >= 0.3 is 0 Å². The normalized spacial score (nSPS) is 14.7. The van der Waals surface area contributed by atoms with E-state index in [9.17, 15) is 9.59 Å². The van der Waals surface area contributed by atoms with Crippen LogP contribution in [-0.2, 0) is 20.8 Å². The number of allylic oxidation sites excluding steroid dienone is 1. The summed E-state index contributed by atoms with van der Waals surface area (Å²) >= 11 is 0. The minimum absolute atomic E-state index is 0.0920. The number of fused-ring (bicyclic) bond motifs is 2. The zero-order chi connectivity index (χ0) is 23.5. The lowest BCUT2D eigenvalue weighted by Crippen LogP contribution is -2.38. The second-order valence-corrected chi connectivity index (χ2v) is 8.02.